The topological polar surface area (TPSA) is 52.1 Å². The smallest absolute Gasteiger partial charge is 0.340 e. The minimum absolute atomic E-state index is 0.149. The number of aromatic nitrogens is 2. The first-order chi connectivity index (χ1) is 13.6. The van der Waals surface area contributed by atoms with Crippen LogP contribution in [0.3, 0.4) is 0 Å². The van der Waals surface area contributed by atoms with E-state index in [1.165, 1.54) is 5.56 Å². The van der Waals surface area contributed by atoms with Crippen LogP contribution in [0.1, 0.15) is 68.9 Å². The van der Waals surface area contributed by atoms with E-state index in [2.05, 4.69) is 34.2 Å². The van der Waals surface area contributed by atoms with Crippen molar-refractivity contribution in [3.05, 3.63) is 47.8 Å². The Hall–Kier alpha value is -2.30. The highest BCUT2D eigenvalue weighted by Crippen LogP contribution is 2.35. The molecule has 0 amide bonds. The van der Waals surface area contributed by atoms with Gasteiger partial charge in [-0.05, 0) is 56.1 Å². The van der Waals surface area contributed by atoms with Gasteiger partial charge in [0.05, 0.1) is 0 Å². The van der Waals surface area contributed by atoms with Crippen LogP contribution in [0, 0.1) is 6.92 Å². The number of alkyl halides is 1. The molecule has 1 heterocycles. The molecule has 1 saturated carbocycles. The van der Waals surface area contributed by atoms with Gasteiger partial charge in [-0.3, -0.25) is 0 Å². The predicted octanol–water partition coefficient (Wildman–Crippen LogP) is 5.55. The normalized spacial score (nSPS) is 20.5. The fourth-order valence-corrected chi connectivity index (χ4v) is 3.70. The van der Waals surface area contributed by atoms with Crippen molar-refractivity contribution in [1.29, 1.82) is 0 Å². The molecule has 1 aromatic heterocycles. The van der Waals surface area contributed by atoms with Crippen molar-refractivity contribution in [2.45, 2.75) is 77.0 Å². The van der Waals surface area contributed by atoms with Crippen LogP contribution in [0.4, 0.5) is 4.39 Å². The molecule has 1 fully saturated rings. The summed E-state index contributed by atoms with van der Waals surface area (Å²) in [7, 11) is 0. The van der Waals surface area contributed by atoms with Gasteiger partial charge in [-0.2, -0.15) is 0 Å². The van der Waals surface area contributed by atoms with Gasteiger partial charge < -0.3 is 4.74 Å². The Morgan fingerprint density at radius 1 is 1.14 bits per heavy atom. The lowest BCUT2D eigenvalue weighted by atomic mass is 9.82. The second-order valence-electron chi connectivity index (χ2n) is 7.73. The number of aryl methyl sites for hydroxylation is 1. The third-order valence-electron chi connectivity index (χ3n) is 5.45. The summed E-state index contributed by atoms with van der Waals surface area (Å²) in [6, 6.07) is 8.40. The minimum Gasteiger partial charge on any atom is -0.460 e. The zero-order valence-electron chi connectivity index (χ0n) is 16.7. The van der Waals surface area contributed by atoms with Crippen LogP contribution >= 0.6 is 0 Å². The molecule has 3 rings (SSSR count). The molecule has 1 atom stereocenters. The van der Waals surface area contributed by atoms with Crippen molar-refractivity contribution in [3.8, 4) is 11.4 Å². The van der Waals surface area contributed by atoms with E-state index >= 15 is 0 Å². The van der Waals surface area contributed by atoms with E-state index in [1.54, 1.807) is 0 Å². The Bertz CT molecular complexity index is 753. The van der Waals surface area contributed by atoms with Crippen LogP contribution in [0.5, 0.6) is 0 Å². The summed E-state index contributed by atoms with van der Waals surface area (Å²) in [6.07, 6.45) is 7.36. The molecule has 0 spiro atoms. The van der Waals surface area contributed by atoms with E-state index in [0.717, 1.165) is 49.1 Å². The molecule has 4 nitrogen and oxygen atoms in total. The number of ether oxygens (including phenoxy) is 1. The van der Waals surface area contributed by atoms with E-state index < -0.39 is 12.1 Å². The van der Waals surface area contributed by atoms with Crippen molar-refractivity contribution >= 4 is 5.97 Å². The number of nitrogens with zero attached hydrogens (tertiary/aromatic N) is 2. The lowest BCUT2D eigenvalue weighted by Crippen LogP contribution is -2.28. The highest BCUT2D eigenvalue weighted by molar-refractivity contribution is 5.74. The third-order valence-corrected chi connectivity index (χ3v) is 5.45. The van der Waals surface area contributed by atoms with Gasteiger partial charge in [0.25, 0.3) is 0 Å². The number of rotatable bonds is 7. The standard InChI is InChI=1S/C23H29FN2O2/c1-3-4-5-21(24)23(27)28-20-12-10-18(11-13-20)17-6-8-19(9-7-17)22-25-14-16(2)15-26-22/h6-9,14-15,18,20-21H,3-5,10-13H2,1-2H3/t18-,20-,21-/m0/s1. The molecule has 28 heavy (non-hydrogen) atoms. The van der Waals surface area contributed by atoms with E-state index in [9.17, 15) is 9.18 Å². The average molecular weight is 384 g/mol. The van der Waals surface area contributed by atoms with Gasteiger partial charge >= 0.3 is 5.97 Å². The summed E-state index contributed by atoms with van der Waals surface area (Å²) in [4.78, 5) is 20.6. The third kappa shape index (κ3) is 5.37. The number of carbonyl (C=O) groups excluding carboxylic acids is 1. The second-order valence-corrected chi connectivity index (χ2v) is 7.73. The SMILES string of the molecule is CCCC[C@H](F)C(=O)O[C@H]1CC[C@H](c2ccc(-c3ncc(C)cn3)cc2)CC1. The molecule has 1 aliphatic rings. The highest BCUT2D eigenvalue weighted by Gasteiger charge is 2.27. The quantitative estimate of drug-likeness (QED) is 0.587. The molecular weight excluding hydrogens is 355 g/mol. The molecule has 0 aliphatic heterocycles. The van der Waals surface area contributed by atoms with Crippen LogP contribution < -0.4 is 0 Å². The Morgan fingerprint density at radius 2 is 1.79 bits per heavy atom. The number of unbranched alkanes of at least 4 members (excludes halogenated alkanes) is 1. The van der Waals surface area contributed by atoms with Crippen molar-refractivity contribution in [2.75, 3.05) is 0 Å². The summed E-state index contributed by atoms with van der Waals surface area (Å²) in [5, 5.41) is 0. The van der Waals surface area contributed by atoms with Crippen LogP contribution in [-0.4, -0.2) is 28.2 Å². The average Bonchev–Trinajstić information content (AvgIpc) is 2.73. The van der Waals surface area contributed by atoms with Crippen molar-refractivity contribution in [2.24, 2.45) is 0 Å². The zero-order valence-corrected chi connectivity index (χ0v) is 16.7. The Labute approximate surface area is 166 Å². The molecule has 1 aliphatic carbocycles. The van der Waals surface area contributed by atoms with Gasteiger partial charge in [-0.25, -0.2) is 19.2 Å². The van der Waals surface area contributed by atoms with E-state index in [-0.39, 0.29) is 12.5 Å². The van der Waals surface area contributed by atoms with Gasteiger partial charge in [-0.15, -0.1) is 0 Å². The molecule has 1 aromatic carbocycles. The fraction of sp³-hybridized carbons (Fsp3) is 0.522. The maximum absolute atomic E-state index is 13.8. The molecule has 150 valence electrons. The lowest BCUT2D eigenvalue weighted by molar-refractivity contribution is -0.157. The van der Waals surface area contributed by atoms with Crippen LogP contribution in [0.2, 0.25) is 0 Å². The number of esters is 1. The molecule has 2 aromatic rings. The van der Waals surface area contributed by atoms with Crippen molar-refractivity contribution in [1.82, 2.24) is 9.97 Å². The van der Waals surface area contributed by atoms with E-state index in [0.29, 0.717) is 12.3 Å². The molecule has 5 heteroatoms. The number of halogens is 1. The molecule has 0 unspecified atom stereocenters. The molecule has 0 saturated heterocycles. The van der Waals surface area contributed by atoms with Gasteiger partial charge in [-0.1, -0.05) is 44.0 Å². The number of carbonyl (C=O) groups is 1. The largest absolute Gasteiger partial charge is 0.460 e. The van der Waals surface area contributed by atoms with Crippen LogP contribution in [-0.2, 0) is 9.53 Å². The Morgan fingerprint density at radius 3 is 2.39 bits per heavy atom. The van der Waals surface area contributed by atoms with Gasteiger partial charge in [0.1, 0.15) is 6.10 Å². The minimum atomic E-state index is -1.48. The molecule has 0 N–H and O–H groups in total. The lowest BCUT2D eigenvalue weighted by Gasteiger charge is -2.29. The first-order valence-corrected chi connectivity index (χ1v) is 10.3. The van der Waals surface area contributed by atoms with Crippen molar-refractivity contribution < 1.29 is 13.9 Å². The van der Waals surface area contributed by atoms with Gasteiger partial charge in [0, 0.05) is 18.0 Å². The molecule has 0 bridgehead atoms. The summed E-state index contributed by atoms with van der Waals surface area (Å²) in [6.45, 7) is 3.96. The Kier molecular flexibility index (Phi) is 7.12. The summed E-state index contributed by atoms with van der Waals surface area (Å²) >= 11 is 0. The summed E-state index contributed by atoms with van der Waals surface area (Å²) in [5.74, 6) is 0.500. The summed E-state index contributed by atoms with van der Waals surface area (Å²) < 4.78 is 19.2. The van der Waals surface area contributed by atoms with Crippen LogP contribution in [0.15, 0.2) is 36.7 Å². The Balaban J connectivity index is 1.51. The fourth-order valence-electron chi connectivity index (χ4n) is 3.70. The monoisotopic (exact) mass is 384 g/mol. The zero-order chi connectivity index (χ0) is 19.9. The van der Waals surface area contributed by atoms with Crippen molar-refractivity contribution in [3.63, 3.8) is 0 Å². The highest BCUT2D eigenvalue weighted by atomic mass is 19.1. The number of benzene rings is 1. The van der Waals surface area contributed by atoms with Gasteiger partial charge in [0.15, 0.2) is 12.0 Å². The first kappa shape index (κ1) is 20.4. The second kappa shape index (κ2) is 9.76. The van der Waals surface area contributed by atoms with Crippen LogP contribution in [0.25, 0.3) is 11.4 Å². The summed E-state index contributed by atoms with van der Waals surface area (Å²) in [5.41, 5.74) is 3.33. The molecule has 0 radical (unpaired) electrons. The van der Waals surface area contributed by atoms with Gasteiger partial charge in [0.2, 0.25) is 0 Å². The maximum Gasteiger partial charge on any atom is 0.340 e. The first-order valence-electron chi connectivity index (χ1n) is 10.3. The van der Waals surface area contributed by atoms with E-state index in [4.69, 9.17) is 4.74 Å². The predicted molar refractivity (Wildman–Crippen MR) is 108 cm³/mol. The molecular formula is C23H29FN2O2. The maximum atomic E-state index is 13.8. The van der Waals surface area contributed by atoms with E-state index in [1.807, 2.05) is 26.2 Å². The number of hydrogen-bond acceptors (Lipinski definition) is 4. The number of hydrogen-bond donors (Lipinski definition) is 0.